The van der Waals surface area contributed by atoms with Crippen molar-refractivity contribution in [3.05, 3.63) is 125 Å². The summed E-state index contributed by atoms with van der Waals surface area (Å²) in [5.74, 6) is -0.262. The van der Waals surface area contributed by atoms with Gasteiger partial charge in [0.2, 0.25) is 11.8 Å². The number of hydrogen-bond donors (Lipinski definition) is 1. The average Bonchev–Trinajstić information content (AvgIpc) is 3.05. The van der Waals surface area contributed by atoms with Crippen LogP contribution >= 0.6 is 11.6 Å². The van der Waals surface area contributed by atoms with Crippen LogP contribution in [0.5, 0.6) is 5.75 Å². The zero-order valence-electron chi connectivity index (χ0n) is 24.7. The number of nitrogens with one attached hydrogen (secondary N) is 1. The van der Waals surface area contributed by atoms with Crippen molar-refractivity contribution < 1.29 is 22.7 Å². The summed E-state index contributed by atoms with van der Waals surface area (Å²) >= 11 is 6.03. The maximum absolute atomic E-state index is 14.4. The van der Waals surface area contributed by atoms with Crippen molar-refractivity contribution in [1.29, 1.82) is 0 Å². The fraction of sp³-hybridized carbons (Fsp3) is 0.235. The second kappa shape index (κ2) is 15.4. The molecule has 4 rings (SSSR count). The maximum atomic E-state index is 14.4. The van der Waals surface area contributed by atoms with Gasteiger partial charge in [-0.15, -0.1) is 0 Å². The molecule has 4 aromatic carbocycles. The van der Waals surface area contributed by atoms with Gasteiger partial charge in [0, 0.05) is 24.5 Å². The van der Waals surface area contributed by atoms with Crippen molar-refractivity contribution in [2.45, 2.75) is 37.2 Å². The van der Waals surface area contributed by atoms with Crippen molar-refractivity contribution in [3.63, 3.8) is 0 Å². The third-order valence-electron chi connectivity index (χ3n) is 7.03. The first-order valence-electron chi connectivity index (χ1n) is 14.3. The highest BCUT2D eigenvalue weighted by molar-refractivity contribution is 7.92. The third kappa shape index (κ3) is 8.39. The first-order valence-corrected chi connectivity index (χ1v) is 16.1. The number of methoxy groups -OCH3 is 1. The summed E-state index contributed by atoms with van der Waals surface area (Å²) in [5.41, 5.74) is 1.90. The molecular formula is C34H36ClN3O5S. The van der Waals surface area contributed by atoms with Crippen LogP contribution in [0.2, 0.25) is 5.02 Å². The molecule has 4 aromatic rings. The zero-order valence-corrected chi connectivity index (χ0v) is 26.3. The summed E-state index contributed by atoms with van der Waals surface area (Å²) in [5, 5.41) is 3.33. The molecule has 10 heteroatoms. The molecule has 0 spiro atoms. The van der Waals surface area contributed by atoms with E-state index in [1.165, 1.54) is 29.2 Å². The van der Waals surface area contributed by atoms with E-state index < -0.39 is 28.5 Å². The van der Waals surface area contributed by atoms with Crippen LogP contribution in [0, 0.1) is 0 Å². The van der Waals surface area contributed by atoms with Gasteiger partial charge in [-0.05, 0) is 66.1 Å². The highest BCUT2D eigenvalue weighted by Crippen LogP contribution is 2.26. The third-order valence-corrected chi connectivity index (χ3v) is 9.07. The largest absolute Gasteiger partial charge is 0.497 e. The molecule has 0 saturated heterocycles. The van der Waals surface area contributed by atoms with Gasteiger partial charge in [0.1, 0.15) is 18.3 Å². The van der Waals surface area contributed by atoms with Crippen molar-refractivity contribution >= 4 is 39.1 Å². The predicted octanol–water partition coefficient (Wildman–Crippen LogP) is 5.71. The van der Waals surface area contributed by atoms with E-state index in [4.69, 9.17) is 16.3 Å². The Morgan fingerprint density at radius 2 is 1.50 bits per heavy atom. The highest BCUT2D eigenvalue weighted by Gasteiger charge is 2.34. The predicted molar refractivity (Wildman–Crippen MR) is 173 cm³/mol. The Morgan fingerprint density at radius 3 is 2.14 bits per heavy atom. The molecule has 1 unspecified atom stereocenters. The molecular weight excluding hydrogens is 598 g/mol. The fourth-order valence-electron chi connectivity index (χ4n) is 4.74. The lowest BCUT2D eigenvalue weighted by molar-refractivity contribution is -0.140. The van der Waals surface area contributed by atoms with E-state index in [0.717, 1.165) is 21.9 Å². The molecule has 8 nitrogen and oxygen atoms in total. The smallest absolute Gasteiger partial charge is 0.264 e. The molecule has 1 N–H and O–H groups in total. The average molecular weight is 634 g/mol. The molecule has 0 aliphatic rings. The van der Waals surface area contributed by atoms with Gasteiger partial charge in [-0.3, -0.25) is 13.9 Å². The number of sulfonamides is 1. The minimum absolute atomic E-state index is 0.0144. The fourth-order valence-corrected chi connectivity index (χ4v) is 6.28. The maximum Gasteiger partial charge on any atom is 0.264 e. The van der Waals surface area contributed by atoms with E-state index in [1.54, 1.807) is 55.6 Å². The number of carbonyl (C=O) groups is 2. The molecule has 1 atom stereocenters. The number of hydrogen-bond acceptors (Lipinski definition) is 5. The molecule has 2 amide bonds. The van der Waals surface area contributed by atoms with Crippen LogP contribution in [0.3, 0.4) is 0 Å². The van der Waals surface area contributed by atoms with Gasteiger partial charge in [0.25, 0.3) is 10.0 Å². The molecule has 0 bridgehead atoms. The summed E-state index contributed by atoms with van der Waals surface area (Å²) in [4.78, 5) is 29.6. The monoisotopic (exact) mass is 633 g/mol. The molecule has 44 heavy (non-hydrogen) atoms. The van der Waals surface area contributed by atoms with Crippen LogP contribution in [0.1, 0.15) is 24.5 Å². The molecule has 0 aromatic heterocycles. The lowest BCUT2D eigenvalue weighted by Gasteiger charge is -2.34. The van der Waals surface area contributed by atoms with Crippen molar-refractivity contribution in [2.75, 3.05) is 24.5 Å². The van der Waals surface area contributed by atoms with Crippen LogP contribution in [-0.2, 0) is 32.6 Å². The Balaban J connectivity index is 1.78. The second-order valence-corrected chi connectivity index (χ2v) is 12.5. The standard InChI is InChI=1S/C34H36ClN3O5S/c1-3-21-36-34(40)32(23-26-11-6-4-7-12-26)37(24-27-13-10-16-30(22-27)43-2)33(39)25-38(29-14-8-5-9-15-29)44(41,42)31-19-17-28(35)18-20-31/h4-20,22,32H,3,21,23-25H2,1-2H3,(H,36,40). The number of carbonyl (C=O) groups excluding carboxylic acids is 2. The minimum atomic E-state index is -4.20. The summed E-state index contributed by atoms with van der Waals surface area (Å²) in [7, 11) is -2.64. The van der Waals surface area contributed by atoms with Crippen LogP contribution in [0.4, 0.5) is 5.69 Å². The van der Waals surface area contributed by atoms with E-state index in [1.807, 2.05) is 43.3 Å². The van der Waals surface area contributed by atoms with Crippen LogP contribution in [0.25, 0.3) is 0 Å². The van der Waals surface area contributed by atoms with Gasteiger partial charge in [-0.25, -0.2) is 8.42 Å². The van der Waals surface area contributed by atoms with Gasteiger partial charge < -0.3 is 15.0 Å². The van der Waals surface area contributed by atoms with E-state index in [9.17, 15) is 18.0 Å². The van der Waals surface area contributed by atoms with Crippen LogP contribution < -0.4 is 14.4 Å². The van der Waals surface area contributed by atoms with Gasteiger partial charge >= 0.3 is 0 Å². The van der Waals surface area contributed by atoms with Crippen LogP contribution in [0.15, 0.2) is 114 Å². The molecule has 0 aliphatic heterocycles. The Bertz CT molecular complexity index is 1630. The second-order valence-electron chi connectivity index (χ2n) is 10.2. The van der Waals surface area contributed by atoms with Gasteiger partial charge in [0.15, 0.2) is 0 Å². The summed E-state index contributed by atoms with van der Waals surface area (Å²) < 4.78 is 34.5. The number of benzene rings is 4. The summed E-state index contributed by atoms with van der Waals surface area (Å²) in [6.07, 6.45) is 0.954. The number of halogens is 1. The van der Waals surface area contributed by atoms with Crippen molar-refractivity contribution in [3.8, 4) is 5.75 Å². The number of amides is 2. The molecule has 0 heterocycles. The topological polar surface area (TPSA) is 96.0 Å². The Morgan fingerprint density at radius 1 is 0.864 bits per heavy atom. The number of nitrogens with zero attached hydrogens (tertiary/aromatic N) is 2. The Labute approximate surface area is 264 Å². The lowest BCUT2D eigenvalue weighted by Crippen LogP contribution is -2.53. The molecule has 0 aliphatic carbocycles. The Hall–Kier alpha value is -4.34. The molecule has 0 fully saturated rings. The van der Waals surface area contributed by atoms with E-state index in [2.05, 4.69) is 5.32 Å². The number of rotatable bonds is 14. The summed E-state index contributed by atoms with van der Waals surface area (Å²) in [6.45, 7) is 1.90. The van der Waals surface area contributed by atoms with Gasteiger partial charge in [-0.2, -0.15) is 0 Å². The van der Waals surface area contributed by atoms with E-state index in [-0.39, 0.29) is 23.8 Å². The molecule has 230 valence electrons. The van der Waals surface area contributed by atoms with E-state index >= 15 is 0 Å². The van der Waals surface area contributed by atoms with E-state index in [0.29, 0.717) is 23.0 Å². The first-order chi connectivity index (χ1) is 21.2. The molecule has 0 radical (unpaired) electrons. The van der Waals surface area contributed by atoms with Crippen molar-refractivity contribution in [2.24, 2.45) is 0 Å². The zero-order chi connectivity index (χ0) is 31.5. The number of anilines is 1. The van der Waals surface area contributed by atoms with Crippen molar-refractivity contribution in [1.82, 2.24) is 10.2 Å². The number of ether oxygens (including phenoxy) is 1. The SMILES string of the molecule is CCCNC(=O)C(Cc1ccccc1)N(Cc1cccc(OC)c1)C(=O)CN(c1ccccc1)S(=O)(=O)c1ccc(Cl)cc1. The number of para-hydroxylation sites is 1. The van der Waals surface area contributed by atoms with Gasteiger partial charge in [0.05, 0.1) is 17.7 Å². The minimum Gasteiger partial charge on any atom is -0.497 e. The molecule has 0 saturated carbocycles. The van der Waals surface area contributed by atoms with Crippen LogP contribution in [-0.4, -0.2) is 51.4 Å². The first kappa shape index (κ1) is 32.6. The highest BCUT2D eigenvalue weighted by atomic mass is 35.5. The Kier molecular flexibility index (Phi) is 11.4. The normalized spacial score (nSPS) is 11.8. The quantitative estimate of drug-likeness (QED) is 0.192. The van der Waals surface area contributed by atoms with Gasteiger partial charge in [-0.1, -0.05) is 79.2 Å². The summed E-state index contributed by atoms with van der Waals surface area (Å²) in [6, 6.07) is 30.0. The lowest BCUT2D eigenvalue weighted by atomic mass is 10.0.